The molecule has 18 amide bonds. The molecule has 0 bridgehead atoms. The van der Waals surface area contributed by atoms with E-state index < -0.39 is 230 Å². The number of rotatable bonds is 54. The summed E-state index contributed by atoms with van der Waals surface area (Å²) < 4.78 is 0. The summed E-state index contributed by atoms with van der Waals surface area (Å²) in [7, 11) is 0. The molecule has 2 saturated heterocycles. The smallest absolute Gasteiger partial charge is 0.326 e. The lowest BCUT2D eigenvalue weighted by atomic mass is 10.0. The van der Waals surface area contributed by atoms with Gasteiger partial charge in [0.05, 0.1) is 51.1 Å². The molecule has 1 aromatic heterocycles. The SMILES string of the molecule is CC(C)C[C@H](NC(=O)CNC(=O)CNC(=O)[C@H](Cc1ccccc1)NC(=O)[C@H](Cc1cnc[nH]1)NC(=O)CNC(=O)[C@@H](NC(=O)[C@@H](CCS)NC(=O)[C@H](Cc1ccccc1)NC(=O)[C@H](CCCNC(=N)N)NC(=O)[C@@H](N)CCC(N)=O)[C@@H](C)O)C(=O)N[C@@H](Cc1ccc(O)cc1)C(=O)N1CCC[C@H]1C(=O)N[C@@H](CS)C(=O)N[C@@H](CC(N)=O)C(=O)NCC(=O)N1CCC[C@H]1C(=O)O. The molecule has 0 aliphatic carbocycles. The van der Waals surface area contributed by atoms with Crippen LogP contribution in [0.2, 0.25) is 0 Å². The number of benzene rings is 3. The van der Waals surface area contributed by atoms with Crippen LogP contribution in [0.1, 0.15) is 114 Å². The van der Waals surface area contributed by atoms with Gasteiger partial charge in [-0.2, -0.15) is 25.3 Å². The Morgan fingerprint density at radius 3 is 1.54 bits per heavy atom. The number of phenols is 1. The fourth-order valence-corrected chi connectivity index (χ4v) is 14.5. The summed E-state index contributed by atoms with van der Waals surface area (Å²) in [6.45, 7) is 1.65. The number of hydrogen-bond acceptors (Lipinski definition) is 26. The largest absolute Gasteiger partial charge is 0.508 e. The third-order valence-corrected chi connectivity index (χ3v) is 21.5. The number of carbonyl (C=O) groups excluding carboxylic acids is 18. The number of imidazole rings is 1. The maximum Gasteiger partial charge on any atom is 0.326 e. The highest BCUT2D eigenvalue weighted by Gasteiger charge is 2.42. The zero-order valence-corrected chi connectivity index (χ0v) is 74.3. The topological polar surface area (TPSA) is 729 Å². The van der Waals surface area contributed by atoms with Crippen molar-refractivity contribution in [3.8, 4) is 5.75 Å². The van der Waals surface area contributed by atoms with E-state index in [2.05, 4.69) is 115 Å². The molecule has 0 spiro atoms. The normalized spacial score (nSPS) is 16.1. The van der Waals surface area contributed by atoms with Crippen LogP contribution >= 0.6 is 25.3 Å². The molecule has 3 heterocycles. The number of nitrogens with one attached hydrogen (secondary N) is 17. The molecule has 3 aromatic carbocycles. The fourth-order valence-electron chi connectivity index (χ4n) is 14.0. The number of amides is 18. The minimum atomic E-state index is -1.81. The molecule has 0 unspecified atom stereocenters. The Labute approximate surface area is 764 Å². The van der Waals surface area contributed by atoms with Crippen molar-refractivity contribution in [1.82, 2.24) is 99.5 Å². The predicted molar refractivity (Wildman–Crippen MR) is 476 cm³/mol. The quantitative estimate of drug-likeness (QED) is 0.00845. The summed E-state index contributed by atoms with van der Waals surface area (Å²) in [6, 6.07) is 3.48. The molecule has 48 heteroatoms. The Bertz CT molecular complexity index is 4640. The van der Waals surface area contributed by atoms with Crippen LogP contribution in [0, 0.1) is 11.3 Å². The number of likely N-dealkylation sites (tertiary alicyclic amines) is 2. The van der Waals surface area contributed by atoms with E-state index in [9.17, 15) is 106 Å². The summed E-state index contributed by atoms with van der Waals surface area (Å²) >= 11 is 8.50. The highest BCUT2D eigenvalue weighted by atomic mass is 32.1. The minimum absolute atomic E-state index is 0.0285. The molecule has 46 nitrogen and oxygen atoms in total. The van der Waals surface area contributed by atoms with Crippen molar-refractivity contribution in [2.45, 2.75) is 202 Å². The lowest BCUT2D eigenvalue weighted by Crippen LogP contribution is -2.61. The average molecular weight is 1870 g/mol. The van der Waals surface area contributed by atoms with Gasteiger partial charge in [0, 0.05) is 69.4 Å². The number of phenolic OH excluding ortho intramolecular Hbond substituents is 1. The van der Waals surface area contributed by atoms with Crippen molar-refractivity contribution in [1.29, 1.82) is 5.41 Å². The van der Waals surface area contributed by atoms with Gasteiger partial charge in [0.2, 0.25) is 106 Å². The van der Waals surface area contributed by atoms with Gasteiger partial charge in [-0.3, -0.25) is 91.7 Å². The number of carbonyl (C=O) groups is 19. The second kappa shape index (κ2) is 54.1. The lowest BCUT2D eigenvalue weighted by Gasteiger charge is -2.31. The Kier molecular flexibility index (Phi) is 43.9. The molecule has 0 saturated carbocycles. The fraction of sp³-hybridized carbons (Fsp3) is 0.506. The number of aromatic amines is 1. The number of aliphatic hydroxyl groups excluding tert-OH is 1. The summed E-state index contributed by atoms with van der Waals surface area (Å²) in [5, 5.41) is 75.5. The number of carboxylic acids is 1. The van der Waals surface area contributed by atoms with Crippen molar-refractivity contribution in [3.63, 3.8) is 0 Å². The van der Waals surface area contributed by atoms with Crippen molar-refractivity contribution in [2.24, 2.45) is 28.9 Å². The number of thiol groups is 2. The van der Waals surface area contributed by atoms with Crippen LogP contribution in [0.15, 0.2) is 97.5 Å². The van der Waals surface area contributed by atoms with Crippen molar-refractivity contribution in [2.75, 3.05) is 57.3 Å². The molecule has 0 radical (unpaired) electrons. The van der Waals surface area contributed by atoms with Gasteiger partial charge in [-0.25, -0.2) is 9.78 Å². The number of aliphatic carboxylic acids is 1. The van der Waals surface area contributed by atoms with Crippen LogP contribution in [0.25, 0.3) is 0 Å². The Hall–Kier alpha value is -13.5. The molecular weight excluding hydrogens is 1750 g/mol. The Morgan fingerprint density at radius 1 is 0.496 bits per heavy atom. The van der Waals surface area contributed by atoms with Gasteiger partial charge in [-0.1, -0.05) is 86.6 Å². The zero-order chi connectivity index (χ0) is 96.6. The van der Waals surface area contributed by atoms with E-state index in [1.165, 1.54) is 41.7 Å². The number of carboxylic acid groups (broad SMARTS) is 1. The molecule has 2 aliphatic heterocycles. The first-order valence-electron chi connectivity index (χ1n) is 42.3. The van der Waals surface area contributed by atoms with Gasteiger partial charge in [0.25, 0.3) is 0 Å². The first-order valence-corrected chi connectivity index (χ1v) is 43.6. The van der Waals surface area contributed by atoms with Crippen LogP contribution in [-0.2, 0) is 117 Å². The first kappa shape index (κ1) is 106. The molecular formula is C83H118N24O22S2. The summed E-state index contributed by atoms with van der Waals surface area (Å²) in [6.07, 6.45) is -0.299. The van der Waals surface area contributed by atoms with E-state index in [-0.39, 0.29) is 132 Å². The number of nitrogens with two attached hydrogens (primary N) is 4. The van der Waals surface area contributed by atoms with Gasteiger partial charge in [0.15, 0.2) is 5.96 Å². The average Bonchev–Trinajstić information content (AvgIpc) is 1.70. The van der Waals surface area contributed by atoms with Crippen LogP contribution in [0.3, 0.4) is 0 Å². The highest BCUT2D eigenvalue weighted by molar-refractivity contribution is 7.80. The third kappa shape index (κ3) is 36.5. The van der Waals surface area contributed by atoms with Gasteiger partial charge >= 0.3 is 5.97 Å². The van der Waals surface area contributed by atoms with E-state index in [1.807, 2.05) is 0 Å². The number of hydrogen-bond donors (Lipinski definition) is 26. The highest BCUT2D eigenvalue weighted by Crippen LogP contribution is 2.23. The standard InChI is InChI=1S/C83H118N24O22S2/c1-44(2)31-54(75(121)103-59(34-48-20-22-50(109)23-21-48)81(127)107-29-11-18-61(107)79(125)104-60(42-131)78(124)102-58(36-64(86)111)72(118)94-41-68(115)106-28-12-19-62(106)82(128)129)96-66(113)39-91-65(112)38-92-71(117)55(32-46-13-6-4-7-14-46)100-77(123)57(35-49-37-89-43-95-49)97-67(114)40-93-80(126)69(45(3)108)105-74(120)53(26-30-130)99-76(122)56(33-47-15-8-5-9-16-47)101-73(119)52(17-10-27-90-83(87)88)98-70(116)51(84)24-25-63(85)110/h4-9,13-16,20-23,37,43-45,51-62,69,108-109,130-131H,10-12,17-19,24-36,38-42,84H2,1-3H3,(H2,85,110)(H2,86,111)(H,89,95)(H,91,112)(H,92,117)(H,93,126)(H,94,118)(H,96,113)(H,97,114)(H,98,116)(H,99,122)(H,100,123)(H,101,119)(H,102,124)(H,103,121)(H,104,125)(H,105,120)(H,128,129)(H4,87,88,90)/t45-,51+,52+,53-,54+,55+,56+,57+,58+,59+,60+,61+,62+,69+/m1/s1. The number of primary amides is 2. The summed E-state index contributed by atoms with van der Waals surface area (Å²) in [5.74, 6) is -19.0. The molecule has 6 rings (SSSR count). The molecule has 4 aromatic rings. The van der Waals surface area contributed by atoms with E-state index in [0.29, 0.717) is 28.8 Å². The second-order valence-electron chi connectivity index (χ2n) is 31.7. The molecule has 14 atom stereocenters. The lowest BCUT2D eigenvalue weighted by molar-refractivity contribution is -0.148. The zero-order valence-electron chi connectivity index (χ0n) is 72.5. The maximum absolute atomic E-state index is 14.8. The number of aromatic nitrogens is 2. The number of aliphatic hydroxyl groups is 1. The molecule has 2 aliphatic rings. The second-order valence-corrected chi connectivity index (χ2v) is 32.5. The Morgan fingerprint density at radius 2 is 0.977 bits per heavy atom. The van der Waals surface area contributed by atoms with E-state index in [0.717, 1.165) is 11.8 Å². The van der Waals surface area contributed by atoms with Crippen molar-refractivity contribution >= 4 is 144 Å². The van der Waals surface area contributed by atoms with E-state index >= 15 is 0 Å². The first-order chi connectivity index (χ1) is 62.2. The van der Waals surface area contributed by atoms with Crippen LogP contribution in [-0.4, -0.2) is 295 Å². The number of aromatic hydroxyl groups is 1. The van der Waals surface area contributed by atoms with Crippen molar-refractivity contribution < 1.29 is 106 Å². The van der Waals surface area contributed by atoms with Crippen LogP contribution in [0.5, 0.6) is 5.75 Å². The van der Waals surface area contributed by atoms with Gasteiger partial charge in [0.1, 0.15) is 78.3 Å². The summed E-state index contributed by atoms with van der Waals surface area (Å²) in [4.78, 5) is 267. The number of H-pyrrole nitrogens is 1. The van der Waals surface area contributed by atoms with Gasteiger partial charge < -0.3 is 133 Å². The van der Waals surface area contributed by atoms with E-state index in [4.69, 9.17) is 28.3 Å². The minimum Gasteiger partial charge on any atom is -0.508 e. The number of nitrogens with zero attached hydrogens (tertiary/aromatic N) is 3. The van der Waals surface area contributed by atoms with Gasteiger partial charge in [-0.15, -0.1) is 0 Å². The van der Waals surface area contributed by atoms with Crippen LogP contribution in [0.4, 0.5) is 0 Å². The predicted octanol–water partition coefficient (Wildman–Crippen LogP) is -7.83. The number of guanidine groups is 1. The van der Waals surface area contributed by atoms with Crippen LogP contribution < -0.4 is 103 Å². The van der Waals surface area contributed by atoms with E-state index in [1.54, 1.807) is 74.5 Å². The maximum atomic E-state index is 14.8. The third-order valence-electron chi connectivity index (χ3n) is 20.8. The Balaban J connectivity index is 1.08. The summed E-state index contributed by atoms with van der Waals surface area (Å²) in [5.41, 5.74) is 23.9. The molecule has 714 valence electrons. The monoisotopic (exact) mass is 1870 g/mol. The molecule has 28 N–H and O–H groups in total. The molecule has 131 heavy (non-hydrogen) atoms. The van der Waals surface area contributed by atoms with Crippen molar-refractivity contribution in [3.05, 3.63) is 120 Å². The van der Waals surface area contributed by atoms with Gasteiger partial charge in [-0.05, 0) is 105 Å². The molecule has 2 fully saturated rings.